The van der Waals surface area contributed by atoms with Crippen molar-refractivity contribution in [2.45, 2.75) is 32.5 Å². The number of nitrogens with zero attached hydrogens (tertiary/aromatic N) is 3. The zero-order valence-electron chi connectivity index (χ0n) is 16.5. The maximum atomic E-state index is 4.55. The van der Waals surface area contributed by atoms with Crippen LogP contribution in [0.3, 0.4) is 0 Å². The first-order valence-corrected chi connectivity index (χ1v) is 10.1. The summed E-state index contributed by atoms with van der Waals surface area (Å²) in [4.78, 5) is 9.50. The van der Waals surface area contributed by atoms with Crippen LogP contribution in [0.5, 0.6) is 0 Å². The Labute approximate surface area is 162 Å². The van der Waals surface area contributed by atoms with E-state index in [1.165, 1.54) is 22.5 Å². The summed E-state index contributed by atoms with van der Waals surface area (Å²) in [7, 11) is 2.20. The van der Waals surface area contributed by atoms with Crippen LogP contribution in [-0.2, 0) is 19.5 Å². The molecule has 4 rings (SSSR count). The van der Waals surface area contributed by atoms with Gasteiger partial charge in [0.05, 0.1) is 5.69 Å². The number of nitrogens with one attached hydrogen (secondary N) is 2. The van der Waals surface area contributed by atoms with Crippen molar-refractivity contribution in [3.8, 4) is 0 Å². The Balaban J connectivity index is 1.44. The molecule has 27 heavy (non-hydrogen) atoms. The minimum Gasteiger partial charge on any atom is -0.369 e. The summed E-state index contributed by atoms with van der Waals surface area (Å²) in [5, 5.41) is 7.20. The van der Waals surface area contributed by atoms with Crippen LogP contribution in [0.2, 0.25) is 0 Å². The highest BCUT2D eigenvalue weighted by Gasteiger charge is 2.24. The van der Waals surface area contributed by atoms with Crippen LogP contribution in [0.1, 0.15) is 22.4 Å². The average Bonchev–Trinajstić information content (AvgIpc) is 2.70. The molecule has 2 aliphatic rings. The number of hydrogen-bond acceptors (Lipinski definition) is 5. The van der Waals surface area contributed by atoms with Gasteiger partial charge >= 0.3 is 0 Å². The van der Waals surface area contributed by atoms with Gasteiger partial charge in [-0.3, -0.25) is 9.88 Å². The van der Waals surface area contributed by atoms with Gasteiger partial charge in [0.2, 0.25) is 0 Å². The summed E-state index contributed by atoms with van der Waals surface area (Å²) in [6.45, 7) is 9.42. The molecule has 144 valence electrons. The number of aryl methyl sites for hydroxylation is 1. The van der Waals surface area contributed by atoms with Crippen molar-refractivity contribution in [2.75, 3.05) is 44.7 Å². The molecule has 1 fully saturated rings. The van der Waals surface area contributed by atoms with Gasteiger partial charge in [-0.25, -0.2) is 0 Å². The standard InChI is InChI=1S/C22H31N5/c1-17-5-4-8-24-21(17)16-26(2)15-19-13-20-18(14-25-19)6-3-7-22(20)27-11-9-23-10-12-27/h3-8,19,23,25H,9-16H2,1-2H3/t19-/m1/s1. The fourth-order valence-corrected chi connectivity index (χ4v) is 4.31. The van der Waals surface area contributed by atoms with Crippen molar-refractivity contribution in [3.63, 3.8) is 0 Å². The summed E-state index contributed by atoms with van der Waals surface area (Å²) in [5.41, 5.74) is 6.91. The van der Waals surface area contributed by atoms with Gasteiger partial charge in [0, 0.05) is 63.7 Å². The Morgan fingerprint density at radius 1 is 1.19 bits per heavy atom. The molecule has 0 amide bonds. The van der Waals surface area contributed by atoms with Crippen LogP contribution in [0, 0.1) is 6.92 Å². The third-order valence-corrected chi connectivity index (χ3v) is 5.81. The molecular formula is C22H31N5. The second-order valence-electron chi connectivity index (χ2n) is 7.90. The van der Waals surface area contributed by atoms with Gasteiger partial charge in [-0.1, -0.05) is 18.2 Å². The predicted molar refractivity (Wildman–Crippen MR) is 111 cm³/mol. The van der Waals surface area contributed by atoms with E-state index >= 15 is 0 Å². The molecule has 1 aromatic carbocycles. The molecule has 5 heteroatoms. The van der Waals surface area contributed by atoms with E-state index in [0.717, 1.165) is 52.2 Å². The minimum atomic E-state index is 0.482. The molecule has 1 saturated heterocycles. The average molecular weight is 366 g/mol. The molecule has 0 saturated carbocycles. The van der Waals surface area contributed by atoms with Crippen LogP contribution in [0.4, 0.5) is 5.69 Å². The van der Waals surface area contributed by atoms with Crippen molar-refractivity contribution in [3.05, 3.63) is 58.9 Å². The zero-order chi connectivity index (χ0) is 18.6. The molecule has 1 atom stereocenters. The van der Waals surface area contributed by atoms with Crippen LogP contribution in [0.15, 0.2) is 36.5 Å². The lowest BCUT2D eigenvalue weighted by Crippen LogP contribution is -2.46. The van der Waals surface area contributed by atoms with Crippen molar-refractivity contribution in [1.29, 1.82) is 0 Å². The Morgan fingerprint density at radius 2 is 2.04 bits per heavy atom. The largest absolute Gasteiger partial charge is 0.369 e. The molecule has 1 aromatic heterocycles. The van der Waals surface area contributed by atoms with Crippen LogP contribution >= 0.6 is 0 Å². The molecule has 2 aromatic rings. The maximum absolute atomic E-state index is 4.55. The summed E-state index contributed by atoms with van der Waals surface area (Å²) in [5.74, 6) is 0. The minimum absolute atomic E-state index is 0.482. The Kier molecular flexibility index (Phi) is 5.72. The highest BCUT2D eigenvalue weighted by atomic mass is 15.2. The first-order valence-electron chi connectivity index (χ1n) is 10.1. The van der Waals surface area contributed by atoms with Crippen molar-refractivity contribution in [1.82, 2.24) is 20.5 Å². The van der Waals surface area contributed by atoms with Gasteiger partial charge < -0.3 is 15.5 Å². The second kappa shape index (κ2) is 8.38. The number of pyridine rings is 1. The molecule has 5 nitrogen and oxygen atoms in total. The van der Waals surface area contributed by atoms with Crippen LogP contribution < -0.4 is 15.5 Å². The van der Waals surface area contributed by atoms with E-state index in [9.17, 15) is 0 Å². The Bertz CT molecular complexity index is 769. The number of fused-ring (bicyclic) bond motifs is 1. The van der Waals surface area contributed by atoms with Gasteiger partial charge in [-0.15, -0.1) is 0 Å². The monoisotopic (exact) mass is 365 g/mol. The SMILES string of the molecule is Cc1cccnc1CN(C)C[C@H]1Cc2c(cccc2N2CCNCC2)CN1. The number of benzene rings is 1. The van der Waals surface area contributed by atoms with E-state index < -0.39 is 0 Å². The van der Waals surface area contributed by atoms with E-state index in [2.05, 4.69) is 63.7 Å². The lowest BCUT2D eigenvalue weighted by molar-refractivity contribution is 0.271. The summed E-state index contributed by atoms with van der Waals surface area (Å²) < 4.78 is 0. The Morgan fingerprint density at radius 3 is 2.85 bits per heavy atom. The fourth-order valence-electron chi connectivity index (χ4n) is 4.31. The molecular weight excluding hydrogens is 334 g/mol. The number of aromatic nitrogens is 1. The molecule has 2 aliphatic heterocycles. The van der Waals surface area contributed by atoms with Crippen LogP contribution in [-0.4, -0.2) is 55.7 Å². The second-order valence-corrected chi connectivity index (χ2v) is 7.90. The van der Waals surface area contributed by atoms with Crippen molar-refractivity contribution >= 4 is 5.69 Å². The molecule has 0 spiro atoms. The van der Waals surface area contributed by atoms with E-state index in [0.29, 0.717) is 6.04 Å². The van der Waals surface area contributed by atoms with E-state index in [1.54, 1.807) is 5.56 Å². The van der Waals surface area contributed by atoms with Gasteiger partial charge in [-0.05, 0) is 49.2 Å². The number of anilines is 1. The third kappa shape index (κ3) is 4.32. The maximum Gasteiger partial charge on any atom is 0.0572 e. The molecule has 0 aliphatic carbocycles. The van der Waals surface area contributed by atoms with Crippen LogP contribution in [0.25, 0.3) is 0 Å². The predicted octanol–water partition coefficient (Wildman–Crippen LogP) is 1.95. The Hall–Kier alpha value is -1.95. The first kappa shape index (κ1) is 18.4. The lowest BCUT2D eigenvalue weighted by Gasteiger charge is -2.36. The molecule has 3 heterocycles. The number of likely N-dealkylation sites (N-methyl/N-ethyl adjacent to an activating group) is 1. The summed E-state index contributed by atoms with van der Waals surface area (Å²) in [6, 6.07) is 11.4. The van der Waals surface area contributed by atoms with Gasteiger partial charge in [0.1, 0.15) is 0 Å². The summed E-state index contributed by atoms with van der Waals surface area (Å²) >= 11 is 0. The molecule has 2 N–H and O–H groups in total. The molecule has 0 unspecified atom stereocenters. The first-order chi connectivity index (χ1) is 13.2. The topological polar surface area (TPSA) is 43.4 Å². The highest BCUT2D eigenvalue weighted by Crippen LogP contribution is 2.28. The fraction of sp³-hybridized carbons (Fsp3) is 0.500. The smallest absolute Gasteiger partial charge is 0.0572 e. The van der Waals surface area contributed by atoms with Crippen molar-refractivity contribution in [2.24, 2.45) is 0 Å². The van der Waals surface area contributed by atoms with E-state index in [-0.39, 0.29) is 0 Å². The number of piperazine rings is 1. The van der Waals surface area contributed by atoms with E-state index in [4.69, 9.17) is 0 Å². The highest BCUT2D eigenvalue weighted by molar-refractivity contribution is 5.58. The van der Waals surface area contributed by atoms with Crippen molar-refractivity contribution < 1.29 is 0 Å². The third-order valence-electron chi connectivity index (χ3n) is 5.81. The quantitative estimate of drug-likeness (QED) is 0.848. The van der Waals surface area contributed by atoms with Gasteiger partial charge in [0.15, 0.2) is 0 Å². The normalized spacial score (nSPS) is 20.0. The molecule has 0 radical (unpaired) electrons. The number of rotatable bonds is 5. The summed E-state index contributed by atoms with van der Waals surface area (Å²) in [6.07, 6.45) is 2.99. The van der Waals surface area contributed by atoms with Gasteiger partial charge in [-0.2, -0.15) is 0 Å². The van der Waals surface area contributed by atoms with E-state index in [1.807, 2.05) is 12.3 Å². The molecule has 0 bridgehead atoms. The lowest BCUT2D eigenvalue weighted by atomic mass is 9.93. The number of hydrogen-bond donors (Lipinski definition) is 2. The van der Waals surface area contributed by atoms with Gasteiger partial charge in [0.25, 0.3) is 0 Å². The zero-order valence-corrected chi connectivity index (χ0v) is 16.5.